The van der Waals surface area contributed by atoms with Gasteiger partial charge in [0, 0.05) is 24.5 Å². The number of amides is 1. The SMILES string of the molecule is NC(=O)c1cc(N)ccc1NCC1CCCOC1. The fourth-order valence-electron chi connectivity index (χ4n) is 2.14. The second kappa shape index (κ2) is 5.73. The van der Waals surface area contributed by atoms with E-state index in [0.29, 0.717) is 17.2 Å². The number of hydrogen-bond acceptors (Lipinski definition) is 4. The minimum atomic E-state index is -0.468. The molecule has 0 aliphatic carbocycles. The van der Waals surface area contributed by atoms with Crippen LogP contribution in [0.2, 0.25) is 0 Å². The molecule has 0 bridgehead atoms. The molecule has 1 amide bonds. The highest BCUT2D eigenvalue weighted by Crippen LogP contribution is 2.20. The van der Waals surface area contributed by atoms with Gasteiger partial charge >= 0.3 is 0 Å². The summed E-state index contributed by atoms with van der Waals surface area (Å²) < 4.78 is 5.42. The van der Waals surface area contributed by atoms with Crippen LogP contribution in [0.5, 0.6) is 0 Å². The topological polar surface area (TPSA) is 90.4 Å². The normalized spacial score (nSPS) is 19.4. The lowest BCUT2D eigenvalue weighted by Crippen LogP contribution is -2.25. The van der Waals surface area contributed by atoms with E-state index in [1.54, 1.807) is 18.2 Å². The molecular weight excluding hydrogens is 230 g/mol. The molecule has 5 nitrogen and oxygen atoms in total. The van der Waals surface area contributed by atoms with Crippen LogP contribution in [0.1, 0.15) is 23.2 Å². The molecule has 5 N–H and O–H groups in total. The Morgan fingerprint density at radius 2 is 2.33 bits per heavy atom. The summed E-state index contributed by atoms with van der Waals surface area (Å²) in [5.74, 6) is 0.0155. The average Bonchev–Trinajstić information content (AvgIpc) is 2.38. The molecule has 1 unspecified atom stereocenters. The Balaban J connectivity index is 2.01. The minimum Gasteiger partial charge on any atom is -0.399 e. The molecule has 5 heteroatoms. The van der Waals surface area contributed by atoms with Crippen molar-refractivity contribution in [1.29, 1.82) is 0 Å². The third kappa shape index (κ3) is 3.13. The van der Waals surface area contributed by atoms with Crippen molar-refractivity contribution in [2.45, 2.75) is 12.8 Å². The molecule has 1 heterocycles. The molecule has 1 aromatic carbocycles. The number of carbonyl (C=O) groups excluding carboxylic acids is 1. The zero-order chi connectivity index (χ0) is 13.0. The Morgan fingerprint density at radius 1 is 1.50 bits per heavy atom. The van der Waals surface area contributed by atoms with Gasteiger partial charge in [0.2, 0.25) is 0 Å². The maximum Gasteiger partial charge on any atom is 0.250 e. The molecule has 1 atom stereocenters. The largest absolute Gasteiger partial charge is 0.399 e. The zero-order valence-electron chi connectivity index (χ0n) is 10.3. The van der Waals surface area contributed by atoms with E-state index in [2.05, 4.69) is 5.32 Å². The van der Waals surface area contributed by atoms with Gasteiger partial charge in [-0.25, -0.2) is 0 Å². The second-order valence-electron chi connectivity index (χ2n) is 4.63. The van der Waals surface area contributed by atoms with Crippen LogP contribution in [-0.4, -0.2) is 25.7 Å². The number of nitrogens with one attached hydrogen (secondary N) is 1. The van der Waals surface area contributed by atoms with Crippen molar-refractivity contribution in [3.05, 3.63) is 23.8 Å². The summed E-state index contributed by atoms with van der Waals surface area (Å²) in [5, 5.41) is 3.26. The zero-order valence-corrected chi connectivity index (χ0v) is 10.3. The molecule has 1 aliphatic rings. The number of anilines is 2. The first-order valence-electron chi connectivity index (χ1n) is 6.18. The van der Waals surface area contributed by atoms with Crippen LogP contribution >= 0.6 is 0 Å². The predicted molar refractivity (Wildman–Crippen MR) is 71.4 cm³/mol. The van der Waals surface area contributed by atoms with Gasteiger partial charge in [-0.15, -0.1) is 0 Å². The Hall–Kier alpha value is -1.75. The number of ether oxygens (including phenoxy) is 1. The Bertz CT molecular complexity index is 428. The molecule has 0 aromatic heterocycles. The van der Waals surface area contributed by atoms with Crippen molar-refractivity contribution < 1.29 is 9.53 Å². The number of nitrogens with two attached hydrogens (primary N) is 2. The lowest BCUT2D eigenvalue weighted by Gasteiger charge is -2.23. The molecule has 1 aromatic rings. The van der Waals surface area contributed by atoms with E-state index in [-0.39, 0.29) is 0 Å². The fourth-order valence-corrected chi connectivity index (χ4v) is 2.14. The van der Waals surface area contributed by atoms with Crippen LogP contribution in [0.25, 0.3) is 0 Å². The molecular formula is C13H19N3O2. The van der Waals surface area contributed by atoms with E-state index in [1.807, 2.05) is 0 Å². The summed E-state index contributed by atoms with van der Waals surface area (Å²) in [6.45, 7) is 2.41. The van der Waals surface area contributed by atoms with E-state index < -0.39 is 5.91 Å². The van der Waals surface area contributed by atoms with Gasteiger partial charge in [0.05, 0.1) is 12.2 Å². The van der Waals surface area contributed by atoms with E-state index in [0.717, 1.165) is 38.3 Å². The Kier molecular flexibility index (Phi) is 4.04. The van der Waals surface area contributed by atoms with Crippen LogP contribution in [-0.2, 0) is 4.74 Å². The van der Waals surface area contributed by atoms with E-state index in [1.165, 1.54) is 0 Å². The van der Waals surface area contributed by atoms with Gasteiger partial charge < -0.3 is 21.5 Å². The van der Waals surface area contributed by atoms with Crippen molar-refractivity contribution >= 4 is 17.3 Å². The lowest BCUT2D eigenvalue weighted by molar-refractivity contribution is 0.0595. The van der Waals surface area contributed by atoms with Gasteiger partial charge in [0.1, 0.15) is 0 Å². The minimum absolute atomic E-state index is 0.437. The van der Waals surface area contributed by atoms with Crippen molar-refractivity contribution in [2.75, 3.05) is 30.8 Å². The van der Waals surface area contributed by atoms with Gasteiger partial charge in [-0.2, -0.15) is 0 Å². The van der Waals surface area contributed by atoms with Crippen LogP contribution in [0.4, 0.5) is 11.4 Å². The highest BCUT2D eigenvalue weighted by Gasteiger charge is 2.15. The van der Waals surface area contributed by atoms with E-state index in [4.69, 9.17) is 16.2 Å². The standard InChI is InChI=1S/C13H19N3O2/c14-10-3-4-12(11(6-10)13(15)17)16-7-9-2-1-5-18-8-9/h3-4,6,9,16H,1-2,5,7-8,14H2,(H2,15,17). The number of benzene rings is 1. The van der Waals surface area contributed by atoms with E-state index >= 15 is 0 Å². The second-order valence-corrected chi connectivity index (χ2v) is 4.63. The molecule has 2 rings (SSSR count). The van der Waals surface area contributed by atoms with Crippen LogP contribution in [0, 0.1) is 5.92 Å². The average molecular weight is 249 g/mol. The van der Waals surface area contributed by atoms with Gasteiger partial charge in [0.15, 0.2) is 0 Å². The highest BCUT2D eigenvalue weighted by molar-refractivity contribution is 5.99. The van der Waals surface area contributed by atoms with Gasteiger partial charge in [-0.3, -0.25) is 4.79 Å². The van der Waals surface area contributed by atoms with Gasteiger partial charge in [0.25, 0.3) is 5.91 Å². The first-order chi connectivity index (χ1) is 8.66. The number of hydrogen-bond donors (Lipinski definition) is 3. The number of carbonyl (C=O) groups is 1. The maximum absolute atomic E-state index is 11.3. The van der Waals surface area contributed by atoms with Crippen LogP contribution in [0.15, 0.2) is 18.2 Å². The molecule has 0 spiro atoms. The molecule has 1 saturated heterocycles. The number of primary amides is 1. The monoisotopic (exact) mass is 249 g/mol. The van der Waals surface area contributed by atoms with Crippen molar-refractivity contribution in [1.82, 2.24) is 0 Å². The molecule has 18 heavy (non-hydrogen) atoms. The third-order valence-electron chi connectivity index (χ3n) is 3.14. The predicted octanol–water partition coefficient (Wildman–Crippen LogP) is 1.21. The fraction of sp³-hybridized carbons (Fsp3) is 0.462. The summed E-state index contributed by atoms with van der Waals surface area (Å²) in [6, 6.07) is 5.15. The molecule has 0 radical (unpaired) electrons. The van der Waals surface area contributed by atoms with Gasteiger partial charge in [-0.05, 0) is 37.0 Å². The first kappa shape index (κ1) is 12.7. The van der Waals surface area contributed by atoms with Crippen molar-refractivity contribution in [3.63, 3.8) is 0 Å². The molecule has 1 aliphatic heterocycles. The molecule has 98 valence electrons. The smallest absolute Gasteiger partial charge is 0.250 e. The molecule has 1 fully saturated rings. The number of nitrogen functional groups attached to an aromatic ring is 1. The van der Waals surface area contributed by atoms with Crippen molar-refractivity contribution in [3.8, 4) is 0 Å². The molecule has 0 saturated carbocycles. The van der Waals surface area contributed by atoms with Crippen LogP contribution in [0.3, 0.4) is 0 Å². The van der Waals surface area contributed by atoms with E-state index in [9.17, 15) is 4.79 Å². The summed E-state index contributed by atoms with van der Waals surface area (Å²) in [5.41, 5.74) is 12.7. The summed E-state index contributed by atoms with van der Waals surface area (Å²) in [7, 11) is 0. The number of rotatable bonds is 4. The first-order valence-corrected chi connectivity index (χ1v) is 6.18. The quantitative estimate of drug-likeness (QED) is 0.699. The lowest BCUT2D eigenvalue weighted by atomic mass is 10.0. The summed E-state index contributed by atoms with van der Waals surface area (Å²) >= 11 is 0. The Labute approximate surface area is 106 Å². The third-order valence-corrected chi connectivity index (χ3v) is 3.14. The van der Waals surface area contributed by atoms with Gasteiger partial charge in [-0.1, -0.05) is 0 Å². The maximum atomic E-state index is 11.3. The summed E-state index contributed by atoms with van der Waals surface area (Å²) in [6.07, 6.45) is 2.24. The Morgan fingerprint density at radius 3 is 3.00 bits per heavy atom. The summed E-state index contributed by atoms with van der Waals surface area (Å²) in [4.78, 5) is 11.3. The van der Waals surface area contributed by atoms with Crippen LogP contribution < -0.4 is 16.8 Å². The van der Waals surface area contributed by atoms with Crippen molar-refractivity contribution in [2.24, 2.45) is 11.7 Å². The highest BCUT2D eigenvalue weighted by atomic mass is 16.5.